The highest BCUT2D eigenvalue weighted by atomic mass is 16.4. The first-order valence-electron chi connectivity index (χ1n) is 5.42. The summed E-state index contributed by atoms with van der Waals surface area (Å²) in [5, 5.41) is 24.2. The second kappa shape index (κ2) is 4.90. The quantitative estimate of drug-likeness (QED) is 0.769. The van der Waals surface area contributed by atoms with Crippen LogP contribution in [-0.2, 0) is 11.3 Å². The number of nitrogens with zero attached hydrogens (tertiary/aromatic N) is 7. The predicted octanol–water partition coefficient (Wildman–Crippen LogP) is -0.405. The average molecular weight is 251 g/mol. The summed E-state index contributed by atoms with van der Waals surface area (Å²) in [6, 6.07) is -0.205. The van der Waals surface area contributed by atoms with Crippen molar-refractivity contribution in [3.8, 4) is 0 Å². The van der Waals surface area contributed by atoms with Crippen molar-refractivity contribution in [1.29, 1.82) is 0 Å². The van der Waals surface area contributed by atoms with E-state index >= 15 is 0 Å². The van der Waals surface area contributed by atoms with Crippen LogP contribution in [0.5, 0.6) is 0 Å². The Morgan fingerprint density at radius 3 is 2.89 bits per heavy atom. The van der Waals surface area contributed by atoms with Gasteiger partial charge in [-0.2, -0.15) is 5.10 Å². The molecule has 0 aliphatic carbocycles. The summed E-state index contributed by atoms with van der Waals surface area (Å²) in [4.78, 5) is 14.7. The predicted molar refractivity (Wildman–Crippen MR) is 58.5 cm³/mol. The van der Waals surface area contributed by atoms with E-state index in [1.54, 1.807) is 17.9 Å². The molecular formula is C9H13N7O2. The molecule has 0 saturated heterocycles. The van der Waals surface area contributed by atoms with E-state index in [4.69, 9.17) is 5.11 Å². The minimum Gasteiger partial charge on any atom is -0.481 e. The molecule has 9 nitrogen and oxygen atoms in total. The second-order valence-corrected chi connectivity index (χ2v) is 4.01. The maximum absolute atomic E-state index is 10.8. The summed E-state index contributed by atoms with van der Waals surface area (Å²) in [7, 11) is 0. The smallest absolute Gasteiger partial charge is 0.308 e. The van der Waals surface area contributed by atoms with Crippen molar-refractivity contribution in [1.82, 2.24) is 35.0 Å². The molecule has 0 saturated carbocycles. The number of hydrogen-bond donors (Lipinski definition) is 1. The van der Waals surface area contributed by atoms with E-state index in [9.17, 15) is 4.79 Å². The molecule has 0 aliphatic heterocycles. The lowest BCUT2D eigenvalue weighted by molar-refractivity contribution is -0.141. The summed E-state index contributed by atoms with van der Waals surface area (Å²) in [5.41, 5.74) is 0. The van der Waals surface area contributed by atoms with E-state index in [2.05, 4.69) is 25.6 Å². The van der Waals surface area contributed by atoms with Gasteiger partial charge in [-0.15, -0.1) is 5.10 Å². The van der Waals surface area contributed by atoms with Crippen LogP contribution in [0.1, 0.15) is 25.7 Å². The lowest BCUT2D eigenvalue weighted by Gasteiger charge is -2.12. The van der Waals surface area contributed by atoms with Gasteiger partial charge < -0.3 is 5.11 Å². The first-order valence-corrected chi connectivity index (χ1v) is 5.42. The molecule has 0 fully saturated rings. The van der Waals surface area contributed by atoms with E-state index < -0.39 is 11.9 Å². The molecule has 1 N–H and O–H groups in total. The first kappa shape index (κ1) is 12.1. The van der Waals surface area contributed by atoms with Crippen LogP contribution >= 0.6 is 0 Å². The Kier molecular flexibility index (Phi) is 3.31. The number of rotatable bonds is 5. The van der Waals surface area contributed by atoms with Crippen LogP contribution in [0.2, 0.25) is 0 Å². The Morgan fingerprint density at radius 1 is 1.50 bits per heavy atom. The van der Waals surface area contributed by atoms with Crippen molar-refractivity contribution in [2.75, 3.05) is 0 Å². The molecule has 2 aromatic rings. The number of tetrazole rings is 1. The van der Waals surface area contributed by atoms with Crippen molar-refractivity contribution in [2.45, 2.75) is 26.4 Å². The highest BCUT2D eigenvalue weighted by Crippen LogP contribution is 2.13. The molecule has 2 rings (SSSR count). The molecule has 2 aromatic heterocycles. The number of carboxylic acids is 1. The molecule has 2 atom stereocenters. The molecule has 2 unspecified atom stereocenters. The number of aliphatic carboxylic acids is 1. The first-order chi connectivity index (χ1) is 8.59. The Hall–Kier alpha value is -2.32. The van der Waals surface area contributed by atoms with Gasteiger partial charge in [0.15, 0.2) is 5.82 Å². The third kappa shape index (κ3) is 2.34. The van der Waals surface area contributed by atoms with Crippen LogP contribution in [0, 0.1) is 5.92 Å². The molecule has 18 heavy (non-hydrogen) atoms. The van der Waals surface area contributed by atoms with Crippen LogP contribution < -0.4 is 0 Å². The van der Waals surface area contributed by atoms with Crippen molar-refractivity contribution in [3.63, 3.8) is 0 Å². The van der Waals surface area contributed by atoms with Crippen LogP contribution in [0.25, 0.3) is 0 Å². The maximum atomic E-state index is 10.8. The lowest BCUT2D eigenvalue weighted by Crippen LogP contribution is -2.21. The van der Waals surface area contributed by atoms with Gasteiger partial charge in [-0.05, 0) is 17.4 Å². The van der Waals surface area contributed by atoms with Gasteiger partial charge in [0.25, 0.3) is 0 Å². The third-order valence-corrected chi connectivity index (χ3v) is 2.64. The van der Waals surface area contributed by atoms with E-state index in [0.717, 1.165) is 0 Å². The molecule has 0 aliphatic rings. The molecule has 0 aromatic carbocycles. The molecule has 0 radical (unpaired) electrons. The van der Waals surface area contributed by atoms with Crippen LogP contribution in [0.3, 0.4) is 0 Å². The van der Waals surface area contributed by atoms with E-state index in [1.165, 1.54) is 11.0 Å². The summed E-state index contributed by atoms with van der Waals surface area (Å²) in [5.74, 6) is -0.895. The van der Waals surface area contributed by atoms with Gasteiger partial charge >= 0.3 is 5.97 Å². The molecule has 96 valence electrons. The zero-order valence-corrected chi connectivity index (χ0v) is 10.0. The molecule has 2 heterocycles. The van der Waals surface area contributed by atoms with Crippen molar-refractivity contribution in [2.24, 2.45) is 5.92 Å². The van der Waals surface area contributed by atoms with E-state index in [-0.39, 0.29) is 12.6 Å². The Morgan fingerprint density at radius 2 is 2.28 bits per heavy atom. The molecule has 0 spiro atoms. The zero-order valence-electron chi connectivity index (χ0n) is 10.0. The number of carbonyl (C=O) groups is 1. The largest absolute Gasteiger partial charge is 0.481 e. The molecule has 9 heteroatoms. The van der Waals surface area contributed by atoms with Gasteiger partial charge in [0.1, 0.15) is 18.7 Å². The normalized spacial score (nSPS) is 14.3. The minimum atomic E-state index is -0.884. The zero-order chi connectivity index (χ0) is 13.1. The van der Waals surface area contributed by atoms with Gasteiger partial charge in [-0.25, -0.2) is 14.3 Å². The van der Waals surface area contributed by atoms with Gasteiger partial charge in [0.2, 0.25) is 0 Å². The summed E-state index contributed by atoms with van der Waals surface area (Å²) in [6.07, 6.45) is 2.98. The average Bonchev–Trinajstić information content (AvgIpc) is 2.98. The van der Waals surface area contributed by atoms with Crippen LogP contribution in [-0.4, -0.2) is 46.0 Å². The van der Waals surface area contributed by atoms with E-state index in [1.807, 2.05) is 6.92 Å². The van der Waals surface area contributed by atoms with E-state index in [0.29, 0.717) is 5.82 Å². The highest BCUT2D eigenvalue weighted by Gasteiger charge is 2.20. The Bertz CT molecular complexity index is 521. The SMILES string of the molecule is CC(Cn1nnnc1C(C)n1cncn1)C(=O)O. The van der Waals surface area contributed by atoms with Crippen molar-refractivity contribution in [3.05, 3.63) is 18.5 Å². The van der Waals surface area contributed by atoms with Crippen molar-refractivity contribution < 1.29 is 9.90 Å². The second-order valence-electron chi connectivity index (χ2n) is 4.01. The number of carboxylic acid groups (broad SMARTS) is 1. The fourth-order valence-electron chi connectivity index (χ4n) is 1.51. The summed E-state index contributed by atoms with van der Waals surface area (Å²) >= 11 is 0. The summed E-state index contributed by atoms with van der Waals surface area (Å²) in [6.45, 7) is 3.69. The Balaban J connectivity index is 2.20. The fraction of sp³-hybridized carbons (Fsp3) is 0.556. The van der Waals surface area contributed by atoms with Crippen molar-refractivity contribution >= 4 is 5.97 Å². The van der Waals surface area contributed by atoms with Crippen LogP contribution in [0.4, 0.5) is 0 Å². The standard InChI is InChI=1S/C9H13N7O2/c1-6(9(17)18)3-15-8(12-13-14-15)7(2)16-5-10-4-11-16/h4-7H,3H2,1-2H3,(H,17,18). The molecule has 0 amide bonds. The number of hydrogen-bond acceptors (Lipinski definition) is 6. The van der Waals surface area contributed by atoms with Gasteiger partial charge in [0, 0.05) is 0 Å². The topological polar surface area (TPSA) is 112 Å². The third-order valence-electron chi connectivity index (χ3n) is 2.64. The Labute approximate surface area is 102 Å². The minimum absolute atomic E-state index is 0.205. The number of aromatic nitrogens is 7. The molecule has 0 bridgehead atoms. The van der Waals surface area contributed by atoms with Gasteiger partial charge in [-0.3, -0.25) is 4.79 Å². The van der Waals surface area contributed by atoms with Gasteiger partial charge in [0.05, 0.1) is 12.5 Å². The monoisotopic (exact) mass is 251 g/mol. The van der Waals surface area contributed by atoms with Gasteiger partial charge in [-0.1, -0.05) is 6.92 Å². The maximum Gasteiger partial charge on any atom is 0.308 e. The molecular weight excluding hydrogens is 238 g/mol. The summed E-state index contributed by atoms with van der Waals surface area (Å²) < 4.78 is 3.08. The highest BCUT2D eigenvalue weighted by molar-refractivity contribution is 5.69. The lowest BCUT2D eigenvalue weighted by atomic mass is 10.2. The van der Waals surface area contributed by atoms with Crippen LogP contribution in [0.15, 0.2) is 12.7 Å². The fourth-order valence-corrected chi connectivity index (χ4v) is 1.51.